The average molecular weight is 321 g/mol. The molecule has 0 spiro atoms. The maximum Gasteiger partial charge on any atom is 0.170 e. The van der Waals surface area contributed by atoms with Crippen LogP contribution in [-0.2, 0) is 0 Å². The normalized spacial score (nSPS) is 14.2. The van der Waals surface area contributed by atoms with E-state index in [9.17, 15) is 4.39 Å². The van der Waals surface area contributed by atoms with Gasteiger partial charge in [-0.25, -0.2) is 4.39 Å². The molecule has 0 radical (unpaired) electrons. The molecule has 1 aromatic heterocycles. The fraction of sp³-hybridized carbons (Fsp3) is 0.500. The van der Waals surface area contributed by atoms with Gasteiger partial charge in [0.25, 0.3) is 0 Å². The Morgan fingerprint density at radius 1 is 1.30 bits per heavy atom. The van der Waals surface area contributed by atoms with Crippen molar-refractivity contribution >= 4 is 16.7 Å². The highest BCUT2D eigenvalue weighted by molar-refractivity contribution is 5.83. The maximum atomic E-state index is 14.1. The van der Waals surface area contributed by atoms with Gasteiger partial charge in [0.1, 0.15) is 5.82 Å². The van der Waals surface area contributed by atoms with Gasteiger partial charge in [-0.3, -0.25) is 0 Å². The number of nitrogens with one attached hydrogen (secondary N) is 1. The van der Waals surface area contributed by atoms with Crippen LogP contribution in [0.25, 0.3) is 11.0 Å². The van der Waals surface area contributed by atoms with Crippen LogP contribution in [0.3, 0.4) is 0 Å². The second-order valence-electron chi connectivity index (χ2n) is 5.07. The third kappa shape index (κ3) is 5.06. The molecule has 1 fully saturated rings. The molecule has 2 aromatic rings. The highest BCUT2D eigenvalue weighted by Crippen LogP contribution is 2.28. The average Bonchev–Trinajstić information content (AvgIpc) is 2.77. The molecular weight excluding hydrogens is 293 g/mol. The molecule has 0 aliphatic carbocycles. The summed E-state index contributed by atoms with van der Waals surface area (Å²) in [5, 5.41) is 8.08. The zero-order valence-corrected chi connectivity index (χ0v) is 14.7. The monoisotopic (exact) mass is 321 g/mol. The second-order valence-corrected chi connectivity index (χ2v) is 5.07. The molecule has 1 N–H and O–H groups in total. The van der Waals surface area contributed by atoms with Crippen molar-refractivity contribution < 1.29 is 8.91 Å². The number of benzene rings is 1. The fourth-order valence-corrected chi connectivity index (χ4v) is 2.40. The summed E-state index contributed by atoms with van der Waals surface area (Å²) in [6.07, 6.45) is 2.78. The lowest BCUT2D eigenvalue weighted by atomic mass is 10.1. The first-order chi connectivity index (χ1) is 11.2. The third-order valence-corrected chi connectivity index (χ3v) is 3.40. The molecule has 23 heavy (non-hydrogen) atoms. The summed E-state index contributed by atoms with van der Waals surface area (Å²) in [6.45, 7) is 14.7. The topological polar surface area (TPSA) is 41.3 Å². The van der Waals surface area contributed by atoms with Gasteiger partial charge in [0.05, 0.1) is 11.4 Å². The van der Waals surface area contributed by atoms with Crippen molar-refractivity contribution in [1.29, 1.82) is 0 Å². The van der Waals surface area contributed by atoms with E-state index in [1.54, 1.807) is 6.08 Å². The maximum absolute atomic E-state index is 14.1. The Morgan fingerprint density at radius 3 is 2.70 bits per heavy atom. The summed E-state index contributed by atoms with van der Waals surface area (Å²) < 4.78 is 19.2. The smallest absolute Gasteiger partial charge is 0.170 e. The van der Waals surface area contributed by atoms with Gasteiger partial charge < -0.3 is 14.7 Å². The van der Waals surface area contributed by atoms with E-state index in [-0.39, 0.29) is 5.82 Å². The molecule has 1 aliphatic rings. The summed E-state index contributed by atoms with van der Waals surface area (Å²) in [4.78, 5) is 2.08. The number of allylic oxidation sites excluding steroid dienone is 1. The first-order valence-corrected chi connectivity index (χ1v) is 8.25. The van der Waals surface area contributed by atoms with Crippen molar-refractivity contribution in [3.05, 3.63) is 36.3 Å². The molecule has 0 bridgehead atoms. The van der Waals surface area contributed by atoms with Crippen LogP contribution in [0.15, 0.2) is 29.3 Å². The van der Waals surface area contributed by atoms with Gasteiger partial charge in [-0.1, -0.05) is 25.1 Å². The van der Waals surface area contributed by atoms with E-state index in [2.05, 4.69) is 22.0 Å². The number of aromatic nitrogens is 1. The minimum Gasteiger partial charge on any atom is -0.368 e. The summed E-state index contributed by atoms with van der Waals surface area (Å²) in [5.74, 6) is -0.236. The van der Waals surface area contributed by atoms with E-state index < -0.39 is 0 Å². The summed E-state index contributed by atoms with van der Waals surface area (Å²) in [6, 6.07) is 3.28. The molecule has 0 amide bonds. The highest BCUT2D eigenvalue weighted by Gasteiger charge is 2.16. The Hall–Kier alpha value is -1.88. The molecule has 4 nitrogen and oxygen atoms in total. The molecule has 5 heteroatoms. The lowest BCUT2D eigenvalue weighted by molar-refractivity contribution is 0.448. The van der Waals surface area contributed by atoms with Gasteiger partial charge in [0.15, 0.2) is 5.58 Å². The molecular formula is C18H28FN3O. The number of halogens is 1. The van der Waals surface area contributed by atoms with Crippen molar-refractivity contribution in [1.82, 2.24) is 10.5 Å². The van der Waals surface area contributed by atoms with Crippen molar-refractivity contribution in [3.63, 3.8) is 0 Å². The first kappa shape index (κ1) is 19.2. The number of fused-ring (bicyclic) bond motifs is 1. The van der Waals surface area contributed by atoms with Crippen LogP contribution >= 0.6 is 0 Å². The molecule has 1 aromatic carbocycles. The van der Waals surface area contributed by atoms with Crippen LogP contribution in [0.1, 0.15) is 32.9 Å². The Morgan fingerprint density at radius 2 is 2.00 bits per heavy atom. The van der Waals surface area contributed by atoms with E-state index in [4.69, 9.17) is 4.52 Å². The summed E-state index contributed by atoms with van der Waals surface area (Å²) in [7, 11) is 0. The van der Waals surface area contributed by atoms with Gasteiger partial charge in [0, 0.05) is 31.1 Å². The minimum absolute atomic E-state index is 0.236. The lowest BCUT2D eigenvalue weighted by Crippen LogP contribution is -2.28. The number of hydrogen-bond acceptors (Lipinski definition) is 4. The van der Waals surface area contributed by atoms with Crippen LogP contribution in [0, 0.1) is 12.7 Å². The Bertz CT molecular complexity index is 602. The number of aryl methyl sites for hydroxylation is 1. The van der Waals surface area contributed by atoms with Gasteiger partial charge in [-0.05, 0) is 32.9 Å². The molecule has 0 unspecified atom stereocenters. The number of hydrogen-bond donors (Lipinski definition) is 1. The molecule has 128 valence electrons. The minimum atomic E-state index is -0.236. The molecule has 0 atom stereocenters. The number of anilines is 1. The van der Waals surface area contributed by atoms with Crippen LogP contribution in [0.5, 0.6) is 0 Å². The van der Waals surface area contributed by atoms with E-state index in [0.29, 0.717) is 11.3 Å². The number of rotatable bonds is 1. The molecule has 1 aliphatic heterocycles. The third-order valence-electron chi connectivity index (χ3n) is 3.40. The standard InChI is InChI=1S/C13H16FN3O.C3H6.C2H6/c1-9-10-7-12(11(14)8-13(10)18-16-9)17-5-2-3-15-4-6-17;1-3-2;1-2/h7-8,15H,2-6H2,1H3;3H,1H2,2H3;1-2H3. The first-order valence-electron chi connectivity index (χ1n) is 8.25. The van der Waals surface area contributed by atoms with Crippen molar-refractivity contribution in [2.45, 2.75) is 34.1 Å². The fourth-order valence-electron chi connectivity index (χ4n) is 2.40. The van der Waals surface area contributed by atoms with Crippen LogP contribution in [-0.4, -0.2) is 31.3 Å². The second kappa shape index (κ2) is 10.0. The summed E-state index contributed by atoms with van der Waals surface area (Å²) in [5.41, 5.74) is 1.97. The zero-order valence-electron chi connectivity index (χ0n) is 14.7. The van der Waals surface area contributed by atoms with Crippen molar-refractivity contribution in [2.75, 3.05) is 31.1 Å². The van der Waals surface area contributed by atoms with Crippen LogP contribution in [0.4, 0.5) is 10.1 Å². The Balaban J connectivity index is 0.000000477. The molecule has 3 rings (SSSR count). The van der Waals surface area contributed by atoms with E-state index in [1.807, 2.05) is 33.8 Å². The van der Waals surface area contributed by atoms with E-state index in [1.165, 1.54) is 6.07 Å². The van der Waals surface area contributed by atoms with E-state index in [0.717, 1.165) is 43.7 Å². The molecule has 0 saturated carbocycles. The van der Waals surface area contributed by atoms with Crippen LogP contribution < -0.4 is 10.2 Å². The zero-order chi connectivity index (χ0) is 17.2. The molecule has 2 heterocycles. The SMILES string of the molecule is C=CC.CC.Cc1noc2cc(F)c(N3CCCNCC3)cc12. The van der Waals surface area contributed by atoms with Gasteiger partial charge >= 0.3 is 0 Å². The van der Waals surface area contributed by atoms with Gasteiger partial charge in [-0.15, -0.1) is 6.58 Å². The quantitative estimate of drug-likeness (QED) is 0.795. The van der Waals surface area contributed by atoms with Crippen molar-refractivity contribution in [3.8, 4) is 0 Å². The van der Waals surface area contributed by atoms with E-state index >= 15 is 0 Å². The Kier molecular flexibility index (Phi) is 8.33. The Labute approximate surface area is 138 Å². The predicted octanol–water partition coefficient (Wildman–Crippen LogP) is 4.29. The lowest BCUT2D eigenvalue weighted by Gasteiger charge is -2.22. The number of nitrogens with zero attached hydrogens (tertiary/aromatic N) is 2. The van der Waals surface area contributed by atoms with Crippen LogP contribution in [0.2, 0.25) is 0 Å². The summed E-state index contributed by atoms with van der Waals surface area (Å²) >= 11 is 0. The molecule has 1 saturated heterocycles. The van der Waals surface area contributed by atoms with Gasteiger partial charge in [0.2, 0.25) is 0 Å². The van der Waals surface area contributed by atoms with Gasteiger partial charge in [-0.2, -0.15) is 0 Å². The largest absolute Gasteiger partial charge is 0.368 e. The predicted molar refractivity (Wildman–Crippen MR) is 95.6 cm³/mol. The van der Waals surface area contributed by atoms with Crippen molar-refractivity contribution in [2.24, 2.45) is 0 Å². The highest BCUT2D eigenvalue weighted by atomic mass is 19.1.